The minimum Gasteiger partial charge on any atom is -0.310 e. The molecule has 0 bridgehead atoms. The van der Waals surface area contributed by atoms with Gasteiger partial charge in [0.1, 0.15) is 0 Å². The SMILES string of the molecule is Cc1ccc(N(c2ccc(C)cc2)c2ccccc2-c2ccc(C=C3CC=Cc4cc5ccccc5cc43)cc2)cc1. The van der Waals surface area contributed by atoms with E-state index in [0.717, 1.165) is 23.5 Å². The van der Waals surface area contributed by atoms with Crippen LogP contribution in [-0.4, -0.2) is 0 Å². The Labute approximate surface area is 248 Å². The summed E-state index contributed by atoms with van der Waals surface area (Å²) in [6, 6.07) is 48.6. The average molecular weight is 540 g/mol. The fourth-order valence-electron chi connectivity index (χ4n) is 5.92. The monoisotopic (exact) mass is 539 g/mol. The summed E-state index contributed by atoms with van der Waals surface area (Å²) < 4.78 is 0. The van der Waals surface area contributed by atoms with Gasteiger partial charge in [0.05, 0.1) is 5.69 Å². The first-order valence-electron chi connectivity index (χ1n) is 14.7. The van der Waals surface area contributed by atoms with Gasteiger partial charge in [-0.3, -0.25) is 0 Å². The molecular formula is C41H33N. The Bertz CT molecular complexity index is 1890. The van der Waals surface area contributed by atoms with Crippen LogP contribution < -0.4 is 4.90 Å². The van der Waals surface area contributed by atoms with E-state index in [0.29, 0.717) is 0 Å². The summed E-state index contributed by atoms with van der Waals surface area (Å²) >= 11 is 0. The van der Waals surface area contributed by atoms with Crippen molar-refractivity contribution in [2.75, 3.05) is 4.90 Å². The first kappa shape index (κ1) is 25.8. The summed E-state index contributed by atoms with van der Waals surface area (Å²) in [4.78, 5) is 2.36. The minimum absolute atomic E-state index is 0.942. The van der Waals surface area contributed by atoms with Crippen LogP contribution in [0, 0.1) is 13.8 Å². The molecule has 0 spiro atoms. The predicted octanol–water partition coefficient (Wildman–Crippen LogP) is 11.6. The Kier molecular flexibility index (Phi) is 6.78. The number of fused-ring (bicyclic) bond motifs is 2. The van der Waals surface area contributed by atoms with Crippen LogP contribution in [-0.2, 0) is 0 Å². The van der Waals surface area contributed by atoms with E-state index in [4.69, 9.17) is 0 Å². The van der Waals surface area contributed by atoms with Gasteiger partial charge in [-0.25, -0.2) is 0 Å². The summed E-state index contributed by atoms with van der Waals surface area (Å²) in [7, 11) is 0. The highest BCUT2D eigenvalue weighted by Gasteiger charge is 2.17. The molecule has 0 atom stereocenters. The second-order valence-corrected chi connectivity index (χ2v) is 11.2. The third-order valence-electron chi connectivity index (χ3n) is 8.19. The van der Waals surface area contributed by atoms with Gasteiger partial charge in [0, 0.05) is 16.9 Å². The van der Waals surface area contributed by atoms with Crippen molar-refractivity contribution in [3.63, 3.8) is 0 Å². The molecule has 0 aliphatic heterocycles. The van der Waals surface area contributed by atoms with Crippen molar-refractivity contribution in [2.24, 2.45) is 0 Å². The second-order valence-electron chi connectivity index (χ2n) is 11.2. The number of allylic oxidation sites excluding steroid dienone is 2. The van der Waals surface area contributed by atoms with Gasteiger partial charge >= 0.3 is 0 Å². The Morgan fingerprint density at radius 2 is 1.17 bits per heavy atom. The minimum atomic E-state index is 0.942. The van der Waals surface area contributed by atoms with Crippen molar-refractivity contribution in [3.05, 3.63) is 167 Å². The lowest BCUT2D eigenvalue weighted by atomic mass is 9.88. The molecule has 0 saturated heterocycles. The van der Waals surface area contributed by atoms with Gasteiger partial charge in [0.15, 0.2) is 0 Å². The molecule has 42 heavy (non-hydrogen) atoms. The molecule has 1 nitrogen and oxygen atoms in total. The highest BCUT2D eigenvalue weighted by molar-refractivity contribution is 5.96. The third-order valence-corrected chi connectivity index (χ3v) is 8.19. The lowest BCUT2D eigenvalue weighted by Gasteiger charge is -2.28. The van der Waals surface area contributed by atoms with Crippen molar-refractivity contribution < 1.29 is 0 Å². The van der Waals surface area contributed by atoms with Gasteiger partial charge in [-0.15, -0.1) is 0 Å². The molecule has 0 heterocycles. The number of nitrogens with zero attached hydrogens (tertiary/aromatic N) is 1. The Morgan fingerprint density at radius 3 is 1.83 bits per heavy atom. The summed E-state index contributed by atoms with van der Waals surface area (Å²) in [5.41, 5.74) is 13.6. The summed E-state index contributed by atoms with van der Waals surface area (Å²) in [5.74, 6) is 0. The summed E-state index contributed by atoms with van der Waals surface area (Å²) in [6.45, 7) is 4.27. The second kappa shape index (κ2) is 11.0. The maximum Gasteiger partial charge on any atom is 0.0540 e. The van der Waals surface area contributed by atoms with Crippen molar-refractivity contribution in [2.45, 2.75) is 20.3 Å². The molecule has 0 saturated carbocycles. The molecule has 1 heteroatoms. The molecule has 1 aliphatic carbocycles. The molecule has 0 aromatic heterocycles. The standard InChI is InChI=1S/C41H33N/c1-29-14-22-37(23-15-29)42(38-24-16-30(2)17-25-38)41-13-6-5-12-39(41)32-20-18-31(19-21-32)26-35-10-7-11-36-27-33-8-3-4-9-34(33)28-40(35)36/h3-9,11-28H,10H2,1-2H3. The smallest absolute Gasteiger partial charge is 0.0540 e. The normalized spacial score (nSPS) is 13.3. The zero-order valence-corrected chi connectivity index (χ0v) is 24.1. The van der Waals surface area contributed by atoms with E-state index in [1.165, 1.54) is 55.3 Å². The van der Waals surface area contributed by atoms with E-state index in [-0.39, 0.29) is 0 Å². The van der Waals surface area contributed by atoms with Gasteiger partial charge in [0.2, 0.25) is 0 Å². The van der Waals surface area contributed by atoms with Gasteiger partial charge in [-0.05, 0) is 101 Å². The maximum absolute atomic E-state index is 2.36. The average Bonchev–Trinajstić information content (AvgIpc) is 3.03. The number of para-hydroxylation sites is 1. The molecule has 0 amide bonds. The molecule has 202 valence electrons. The zero-order chi connectivity index (χ0) is 28.5. The fourth-order valence-corrected chi connectivity index (χ4v) is 5.92. The van der Waals surface area contributed by atoms with E-state index in [9.17, 15) is 0 Å². The number of hydrogen-bond donors (Lipinski definition) is 0. The molecule has 1 aliphatic rings. The molecule has 0 N–H and O–H groups in total. The zero-order valence-electron chi connectivity index (χ0n) is 24.1. The van der Waals surface area contributed by atoms with E-state index in [2.05, 4.69) is 170 Å². The van der Waals surface area contributed by atoms with E-state index >= 15 is 0 Å². The quantitative estimate of drug-likeness (QED) is 0.211. The van der Waals surface area contributed by atoms with E-state index in [1.54, 1.807) is 0 Å². The Morgan fingerprint density at radius 1 is 0.571 bits per heavy atom. The highest BCUT2D eigenvalue weighted by Crippen LogP contribution is 2.41. The number of benzene rings is 6. The van der Waals surface area contributed by atoms with Gasteiger partial charge in [-0.1, -0.05) is 120 Å². The van der Waals surface area contributed by atoms with Crippen molar-refractivity contribution >= 4 is 45.6 Å². The molecule has 7 rings (SSSR count). The van der Waals surface area contributed by atoms with E-state index in [1.807, 2.05) is 0 Å². The van der Waals surface area contributed by atoms with Crippen LogP contribution in [0.3, 0.4) is 0 Å². The van der Waals surface area contributed by atoms with Crippen LogP contribution in [0.4, 0.5) is 17.1 Å². The van der Waals surface area contributed by atoms with Crippen LogP contribution >= 0.6 is 0 Å². The number of hydrogen-bond acceptors (Lipinski definition) is 1. The summed E-state index contributed by atoms with van der Waals surface area (Å²) in [5, 5.41) is 2.58. The largest absolute Gasteiger partial charge is 0.310 e. The van der Waals surface area contributed by atoms with Crippen LogP contribution in [0.1, 0.15) is 34.2 Å². The van der Waals surface area contributed by atoms with Gasteiger partial charge in [-0.2, -0.15) is 0 Å². The van der Waals surface area contributed by atoms with Crippen molar-refractivity contribution in [3.8, 4) is 11.1 Å². The highest BCUT2D eigenvalue weighted by atomic mass is 15.1. The van der Waals surface area contributed by atoms with Gasteiger partial charge < -0.3 is 4.90 Å². The van der Waals surface area contributed by atoms with Crippen LogP contribution in [0.2, 0.25) is 0 Å². The fraction of sp³-hybridized carbons (Fsp3) is 0.0732. The predicted molar refractivity (Wildman–Crippen MR) is 182 cm³/mol. The van der Waals surface area contributed by atoms with Crippen LogP contribution in [0.15, 0.2) is 140 Å². The van der Waals surface area contributed by atoms with Crippen molar-refractivity contribution in [1.29, 1.82) is 0 Å². The first-order valence-corrected chi connectivity index (χ1v) is 14.7. The molecular weight excluding hydrogens is 506 g/mol. The third kappa shape index (κ3) is 5.06. The van der Waals surface area contributed by atoms with Crippen molar-refractivity contribution in [1.82, 2.24) is 0 Å². The maximum atomic E-state index is 2.36. The molecule has 0 radical (unpaired) electrons. The molecule has 6 aromatic carbocycles. The number of anilines is 3. The van der Waals surface area contributed by atoms with Gasteiger partial charge in [0.25, 0.3) is 0 Å². The molecule has 0 unspecified atom stereocenters. The molecule has 0 fully saturated rings. The van der Waals surface area contributed by atoms with Crippen LogP contribution in [0.5, 0.6) is 0 Å². The number of aryl methyl sites for hydroxylation is 2. The first-order chi connectivity index (χ1) is 20.6. The lowest BCUT2D eigenvalue weighted by molar-refractivity contribution is 1.27. The topological polar surface area (TPSA) is 3.24 Å². The van der Waals surface area contributed by atoms with Crippen LogP contribution in [0.25, 0.3) is 39.6 Å². The summed E-state index contributed by atoms with van der Waals surface area (Å²) in [6.07, 6.45) is 7.82. The number of rotatable bonds is 5. The molecule has 6 aromatic rings. The van der Waals surface area contributed by atoms with E-state index < -0.39 is 0 Å². The lowest BCUT2D eigenvalue weighted by Crippen LogP contribution is -2.11. The Hall–Kier alpha value is -5.14. The Balaban J connectivity index is 1.26.